The first-order chi connectivity index (χ1) is 14.4. The molecule has 0 aliphatic heterocycles. The molecule has 158 valence electrons. The summed E-state index contributed by atoms with van der Waals surface area (Å²) in [6.45, 7) is 6.17. The number of aryl methyl sites for hydroxylation is 1. The van der Waals surface area contributed by atoms with Gasteiger partial charge in [0.25, 0.3) is 0 Å². The predicted molar refractivity (Wildman–Crippen MR) is 120 cm³/mol. The van der Waals surface area contributed by atoms with Gasteiger partial charge in [0.2, 0.25) is 11.8 Å². The Morgan fingerprint density at radius 3 is 2.70 bits per heavy atom. The van der Waals surface area contributed by atoms with Gasteiger partial charge in [-0.2, -0.15) is 0 Å². The van der Waals surface area contributed by atoms with E-state index >= 15 is 0 Å². The van der Waals surface area contributed by atoms with Gasteiger partial charge in [-0.3, -0.25) is 9.59 Å². The van der Waals surface area contributed by atoms with E-state index < -0.39 is 5.25 Å². The van der Waals surface area contributed by atoms with Crippen LogP contribution in [0.2, 0.25) is 5.02 Å². The molecule has 0 aliphatic rings. The Balaban J connectivity index is 1.63. The maximum atomic E-state index is 12.4. The molecule has 0 aliphatic carbocycles. The van der Waals surface area contributed by atoms with Crippen molar-refractivity contribution in [3.63, 3.8) is 0 Å². The van der Waals surface area contributed by atoms with Gasteiger partial charge in [-0.05, 0) is 32.9 Å². The van der Waals surface area contributed by atoms with E-state index in [2.05, 4.69) is 25.8 Å². The van der Waals surface area contributed by atoms with Gasteiger partial charge in [0.1, 0.15) is 5.82 Å². The molecule has 0 radical (unpaired) electrons. The second kappa shape index (κ2) is 10.1. The molecule has 0 unspecified atom stereocenters. The molecule has 3 aromatic rings. The predicted octanol–water partition coefficient (Wildman–Crippen LogP) is 4.02. The van der Waals surface area contributed by atoms with Crippen LogP contribution < -0.4 is 10.6 Å². The average Bonchev–Trinajstić information content (AvgIpc) is 3.28. The standard InChI is InChI=1S/C19H21ClN6O2S2/c1-4-26-15(9-16(27)22-14-8-6-5-7-13(14)20)24-25-19(26)30-12(3)17(28)23-18-21-11(2)10-29-18/h5-8,10,12H,4,9H2,1-3H3,(H,22,27)(H,21,23,28)/t12-/m0/s1. The Morgan fingerprint density at radius 2 is 2.03 bits per heavy atom. The van der Waals surface area contributed by atoms with E-state index in [0.29, 0.717) is 33.4 Å². The monoisotopic (exact) mass is 464 g/mol. The lowest BCUT2D eigenvalue weighted by Gasteiger charge is -2.12. The van der Waals surface area contributed by atoms with E-state index in [1.54, 1.807) is 31.2 Å². The van der Waals surface area contributed by atoms with E-state index in [0.717, 1.165) is 5.69 Å². The Morgan fingerprint density at radius 1 is 1.27 bits per heavy atom. The van der Waals surface area contributed by atoms with Gasteiger partial charge < -0.3 is 15.2 Å². The van der Waals surface area contributed by atoms with E-state index in [1.807, 2.05) is 23.8 Å². The first-order valence-electron chi connectivity index (χ1n) is 9.23. The van der Waals surface area contributed by atoms with Crippen molar-refractivity contribution in [2.75, 3.05) is 10.6 Å². The number of hydrogen-bond acceptors (Lipinski definition) is 7. The maximum Gasteiger partial charge on any atom is 0.239 e. The van der Waals surface area contributed by atoms with E-state index in [9.17, 15) is 9.59 Å². The Bertz CT molecular complexity index is 1050. The highest BCUT2D eigenvalue weighted by Crippen LogP contribution is 2.25. The van der Waals surface area contributed by atoms with Crippen LogP contribution in [0.3, 0.4) is 0 Å². The molecule has 2 N–H and O–H groups in total. The summed E-state index contributed by atoms with van der Waals surface area (Å²) in [5.74, 6) is 0.109. The molecule has 0 fully saturated rings. The summed E-state index contributed by atoms with van der Waals surface area (Å²) in [7, 11) is 0. The van der Waals surface area contributed by atoms with Crippen LogP contribution in [0.1, 0.15) is 25.4 Å². The molecule has 0 spiro atoms. The summed E-state index contributed by atoms with van der Waals surface area (Å²) >= 11 is 8.75. The number of halogens is 1. The molecule has 2 aromatic heterocycles. The van der Waals surface area contributed by atoms with Crippen LogP contribution in [-0.4, -0.2) is 36.8 Å². The minimum atomic E-state index is -0.409. The van der Waals surface area contributed by atoms with E-state index in [4.69, 9.17) is 11.6 Å². The Kier molecular flexibility index (Phi) is 7.46. The maximum absolute atomic E-state index is 12.4. The van der Waals surface area contributed by atoms with Gasteiger partial charge in [0, 0.05) is 11.9 Å². The van der Waals surface area contributed by atoms with E-state index in [1.165, 1.54) is 23.1 Å². The number of amides is 2. The Hall–Kier alpha value is -2.43. The largest absolute Gasteiger partial charge is 0.324 e. The van der Waals surface area contributed by atoms with Gasteiger partial charge >= 0.3 is 0 Å². The molecule has 11 heteroatoms. The van der Waals surface area contributed by atoms with Crippen LogP contribution in [0, 0.1) is 6.92 Å². The lowest BCUT2D eigenvalue weighted by atomic mass is 10.3. The molecule has 0 bridgehead atoms. The lowest BCUT2D eigenvalue weighted by molar-refractivity contribution is -0.116. The SMILES string of the molecule is CCn1c(CC(=O)Nc2ccccc2Cl)nnc1S[C@@H](C)C(=O)Nc1nc(C)cs1. The number of thioether (sulfide) groups is 1. The summed E-state index contributed by atoms with van der Waals surface area (Å²) in [5, 5.41) is 17.0. The number of nitrogens with one attached hydrogen (secondary N) is 2. The zero-order chi connectivity index (χ0) is 21.7. The summed E-state index contributed by atoms with van der Waals surface area (Å²) < 4.78 is 1.83. The normalized spacial score (nSPS) is 11.9. The van der Waals surface area contributed by atoms with Crippen LogP contribution in [0.4, 0.5) is 10.8 Å². The molecule has 1 atom stereocenters. The second-order valence-electron chi connectivity index (χ2n) is 6.39. The number of carbonyl (C=O) groups excluding carboxylic acids is 2. The zero-order valence-corrected chi connectivity index (χ0v) is 19.1. The van der Waals surface area contributed by atoms with E-state index in [-0.39, 0.29) is 18.2 Å². The molecule has 8 nitrogen and oxygen atoms in total. The molecule has 2 heterocycles. The number of rotatable bonds is 8. The van der Waals surface area contributed by atoms with Gasteiger partial charge in [0.05, 0.1) is 28.1 Å². The molecule has 0 saturated heterocycles. The van der Waals surface area contributed by atoms with Crippen LogP contribution in [0.25, 0.3) is 0 Å². The van der Waals surface area contributed by atoms with Crippen LogP contribution in [0.5, 0.6) is 0 Å². The topological polar surface area (TPSA) is 102 Å². The molecular weight excluding hydrogens is 444 g/mol. The zero-order valence-electron chi connectivity index (χ0n) is 16.7. The summed E-state index contributed by atoms with van der Waals surface area (Å²) in [5.41, 5.74) is 1.41. The van der Waals surface area contributed by atoms with Crippen molar-refractivity contribution < 1.29 is 9.59 Å². The molecule has 30 heavy (non-hydrogen) atoms. The average molecular weight is 465 g/mol. The van der Waals surface area contributed by atoms with Gasteiger partial charge in [-0.1, -0.05) is 35.5 Å². The Labute approximate surface area is 187 Å². The number of carbonyl (C=O) groups is 2. The number of anilines is 2. The molecular formula is C19H21ClN6O2S2. The fraction of sp³-hybridized carbons (Fsp3) is 0.316. The second-order valence-corrected chi connectivity index (χ2v) is 8.96. The van der Waals surface area contributed by atoms with Crippen molar-refractivity contribution in [3.05, 3.63) is 46.2 Å². The number of para-hydroxylation sites is 1. The first-order valence-corrected chi connectivity index (χ1v) is 11.4. The first kappa shape index (κ1) is 22.3. The molecule has 2 amide bonds. The number of thiazole rings is 1. The fourth-order valence-corrected chi connectivity index (χ4v) is 4.39. The van der Waals surface area contributed by atoms with Crippen molar-refractivity contribution in [2.24, 2.45) is 0 Å². The number of nitrogens with zero attached hydrogens (tertiary/aromatic N) is 4. The highest BCUT2D eigenvalue weighted by Gasteiger charge is 2.21. The van der Waals surface area contributed by atoms with Crippen LogP contribution in [-0.2, 0) is 22.6 Å². The minimum absolute atomic E-state index is 0.0472. The van der Waals surface area contributed by atoms with Crippen molar-refractivity contribution in [1.82, 2.24) is 19.7 Å². The summed E-state index contributed by atoms with van der Waals surface area (Å²) in [4.78, 5) is 29.1. The highest BCUT2D eigenvalue weighted by molar-refractivity contribution is 8.00. The third-order valence-corrected chi connectivity index (χ3v) is 6.36. The molecule has 1 aromatic carbocycles. The quantitative estimate of drug-likeness (QED) is 0.488. The number of hydrogen-bond donors (Lipinski definition) is 2. The van der Waals surface area contributed by atoms with Crippen molar-refractivity contribution in [3.8, 4) is 0 Å². The van der Waals surface area contributed by atoms with Crippen molar-refractivity contribution in [1.29, 1.82) is 0 Å². The highest BCUT2D eigenvalue weighted by atomic mass is 35.5. The van der Waals surface area contributed by atoms with Crippen LogP contribution >= 0.6 is 34.7 Å². The minimum Gasteiger partial charge on any atom is -0.324 e. The summed E-state index contributed by atoms with van der Waals surface area (Å²) in [6, 6.07) is 7.03. The summed E-state index contributed by atoms with van der Waals surface area (Å²) in [6.07, 6.45) is 0.0472. The smallest absolute Gasteiger partial charge is 0.239 e. The van der Waals surface area contributed by atoms with Crippen LogP contribution in [0.15, 0.2) is 34.8 Å². The van der Waals surface area contributed by atoms with Gasteiger partial charge in [0.15, 0.2) is 10.3 Å². The molecule has 3 rings (SSSR count). The fourth-order valence-electron chi connectivity index (χ4n) is 2.59. The number of benzene rings is 1. The molecule has 0 saturated carbocycles. The van der Waals surface area contributed by atoms with Gasteiger partial charge in [-0.25, -0.2) is 4.98 Å². The van der Waals surface area contributed by atoms with Crippen molar-refractivity contribution in [2.45, 2.75) is 44.1 Å². The third kappa shape index (κ3) is 5.59. The van der Waals surface area contributed by atoms with Gasteiger partial charge in [-0.15, -0.1) is 21.5 Å². The lowest BCUT2D eigenvalue weighted by Crippen LogP contribution is -2.23. The third-order valence-electron chi connectivity index (χ3n) is 4.08. The number of aromatic nitrogens is 4. The van der Waals surface area contributed by atoms with Crippen molar-refractivity contribution >= 4 is 57.3 Å².